The van der Waals surface area contributed by atoms with E-state index in [2.05, 4.69) is 5.32 Å². The first-order chi connectivity index (χ1) is 17.3. The van der Waals surface area contributed by atoms with Gasteiger partial charge in [0, 0.05) is 17.3 Å². The summed E-state index contributed by atoms with van der Waals surface area (Å²) in [6.45, 7) is 0. The van der Waals surface area contributed by atoms with E-state index < -0.39 is 51.3 Å². The van der Waals surface area contributed by atoms with Crippen molar-refractivity contribution in [2.75, 3.05) is 5.32 Å². The van der Waals surface area contributed by atoms with Gasteiger partial charge in [0.1, 0.15) is 17.4 Å². The number of carbonyl (C=O) groups is 1. The molecule has 0 aromatic heterocycles. The molecule has 3 rings (SSSR count). The number of alkyl halides is 6. The van der Waals surface area contributed by atoms with E-state index >= 15 is 0 Å². The molecule has 3 aromatic carbocycles. The second kappa shape index (κ2) is 10.4. The van der Waals surface area contributed by atoms with Crippen molar-refractivity contribution in [1.29, 1.82) is 5.26 Å². The van der Waals surface area contributed by atoms with Crippen molar-refractivity contribution in [3.8, 4) is 17.6 Å². The molecule has 3 aromatic rings. The zero-order valence-electron chi connectivity index (χ0n) is 18.2. The first-order valence-corrected chi connectivity index (χ1v) is 10.0. The van der Waals surface area contributed by atoms with Crippen LogP contribution in [0.5, 0.6) is 11.5 Å². The Bertz CT molecular complexity index is 1420. The fraction of sp³-hybridized carbons (Fsp3) is 0.0833. The van der Waals surface area contributed by atoms with Crippen molar-refractivity contribution in [2.45, 2.75) is 12.4 Å². The molecule has 0 saturated carbocycles. The second-order valence-corrected chi connectivity index (χ2v) is 7.28. The molecule has 1 N–H and O–H groups in total. The summed E-state index contributed by atoms with van der Waals surface area (Å²) in [6, 6.07) is 12.5. The third-order valence-corrected chi connectivity index (χ3v) is 4.73. The maximum absolute atomic E-state index is 13.0. The van der Waals surface area contributed by atoms with Crippen LogP contribution in [-0.2, 0) is 17.1 Å². The Morgan fingerprint density at radius 3 is 2.19 bits per heavy atom. The van der Waals surface area contributed by atoms with Crippen LogP contribution in [0.3, 0.4) is 0 Å². The summed E-state index contributed by atoms with van der Waals surface area (Å²) in [6.07, 6.45) is -8.49. The number of nitrogens with one attached hydrogen (secondary N) is 1. The fourth-order valence-corrected chi connectivity index (χ4v) is 3.01. The highest BCUT2D eigenvalue weighted by Crippen LogP contribution is 2.39. The SMILES string of the molecule is N#C/C(=C\c1ccccc1Oc1ccc(C(F)(F)F)cc1[N+](=O)[O-])C(=O)Nc1cccc(C(F)(F)F)c1. The Morgan fingerprint density at radius 2 is 1.57 bits per heavy atom. The van der Waals surface area contributed by atoms with E-state index in [1.54, 1.807) is 6.07 Å². The summed E-state index contributed by atoms with van der Waals surface area (Å²) in [7, 11) is 0. The molecular formula is C24H13F6N3O4. The molecule has 190 valence electrons. The van der Waals surface area contributed by atoms with Crippen LogP contribution in [0.4, 0.5) is 37.7 Å². The van der Waals surface area contributed by atoms with Crippen LogP contribution in [0.25, 0.3) is 6.08 Å². The van der Waals surface area contributed by atoms with Gasteiger partial charge in [-0.3, -0.25) is 14.9 Å². The molecule has 0 fully saturated rings. The Balaban J connectivity index is 1.93. The van der Waals surface area contributed by atoms with Crippen LogP contribution in [0.15, 0.2) is 72.3 Å². The largest absolute Gasteiger partial charge is 0.449 e. The number of hydrogen-bond acceptors (Lipinski definition) is 5. The lowest BCUT2D eigenvalue weighted by Gasteiger charge is -2.12. The van der Waals surface area contributed by atoms with Crippen molar-refractivity contribution in [3.63, 3.8) is 0 Å². The minimum absolute atomic E-state index is 0.0347. The highest BCUT2D eigenvalue weighted by Gasteiger charge is 2.34. The van der Waals surface area contributed by atoms with Crippen molar-refractivity contribution in [2.24, 2.45) is 0 Å². The molecule has 0 unspecified atom stereocenters. The van der Waals surface area contributed by atoms with Gasteiger partial charge < -0.3 is 10.1 Å². The van der Waals surface area contributed by atoms with Gasteiger partial charge in [0.2, 0.25) is 5.75 Å². The van der Waals surface area contributed by atoms with Gasteiger partial charge in [0.05, 0.1) is 16.1 Å². The molecule has 13 heteroatoms. The highest BCUT2D eigenvalue weighted by atomic mass is 19.4. The number of anilines is 1. The van der Waals surface area contributed by atoms with E-state index in [-0.39, 0.29) is 17.0 Å². The molecule has 37 heavy (non-hydrogen) atoms. The molecule has 0 aliphatic rings. The summed E-state index contributed by atoms with van der Waals surface area (Å²) in [5, 5.41) is 22.9. The van der Waals surface area contributed by atoms with Crippen molar-refractivity contribution >= 4 is 23.4 Å². The Morgan fingerprint density at radius 1 is 0.919 bits per heavy atom. The number of carbonyl (C=O) groups excluding carboxylic acids is 1. The predicted molar refractivity (Wildman–Crippen MR) is 118 cm³/mol. The lowest BCUT2D eigenvalue weighted by Crippen LogP contribution is -2.14. The van der Waals surface area contributed by atoms with Gasteiger partial charge in [-0.2, -0.15) is 31.6 Å². The van der Waals surface area contributed by atoms with Crippen LogP contribution in [0.2, 0.25) is 0 Å². The van der Waals surface area contributed by atoms with E-state index in [0.29, 0.717) is 18.2 Å². The van der Waals surface area contributed by atoms with E-state index in [1.807, 2.05) is 0 Å². The zero-order valence-corrected chi connectivity index (χ0v) is 18.2. The number of para-hydroxylation sites is 1. The summed E-state index contributed by atoms with van der Waals surface area (Å²) < 4.78 is 83.0. The summed E-state index contributed by atoms with van der Waals surface area (Å²) in [4.78, 5) is 22.8. The topological polar surface area (TPSA) is 105 Å². The number of amides is 1. The first-order valence-electron chi connectivity index (χ1n) is 10.0. The van der Waals surface area contributed by atoms with Crippen LogP contribution in [-0.4, -0.2) is 10.8 Å². The van der Waals surface area contributed by atoms with Crippen LogP contribution in [0, 0.1) is 21.4 Å². The maximum Gasteiger partial charge on any atom is 0.416 e. The monoisotopic (exact) mass is 521 g/mol. The maximum atomic E-state index is 13.0. The number of rotatable bonds is 6. The molecule has 0 heterocycles. The predicted octanol–water partition coefficient (Wildman–Crippen LogP) is 6.97. The minimum atomic E-state index is -4.83. The molecule has 7 nitrogen and oxygen atoms in total. The molecular weight excluding hydrogens is 508 g/mol. The number of nitrogens with zero attached hydrogens (tertiary/aromatic N) is 2. The van der Waals surface area contributed by atoms with Gasteiger partial charge in [-0.15, -0.1) is 0 Å². The molecule has 1 amide bonds. The summed E-state index contributed by atoms with van der Waals surface area (Å²) >= 11 is 0. The van der Waals surface area contributed by atoms with E-state index in [4.69, 9.17) is 4.74 Å². The lowest BCUT2D eigenvalue weighted by atomic mass is 10.1. The van der Waals surface area contributed by atoms with Crippen molar-refractivity contribution in [1.82, 2.24) is 0 Å². The molecule has 0 bridgehead atoms. The standard InChI is InChI=1S/C24H13F6N3O4/c25-23(26,27)16-5-3-6-18(11-16)32-22(34)15(13-31)10-14-4-1-2-7-20(14)37-21-9-8-17(24(28,29)30)12-19(21)33(35)36/h1-12H,(H,32,34)/b15-10+. The second-order valence-electron chi connectivity index (χ2n) is 7.28. The third kappa shape index (κ3) is 6.63. The molecule has 0 atom stereocenters. The zero-order chi connectivity index (χ0) is 27.4. The van der Waals surface area contributed by atoms with Gasteiger partial charge in [-0.05, 0) is 42.5 Å². The fourth-order valence-electron chi connectivity index (χ4n) is 3.01. The van der Waals surface area contributed by atoms with Crippen molar-refractivity contribution in [3.05, 3.63) is 99.1 Å². The summed E-state index contributed by atoms with van der Waals surface area (Å²) in [5.41, 5.74) is -4.02. The molecule has 0 saturated heterocycles. The summed E-state index contributed by atoms with van der Waals surface area (Å²) in [5.74, 6) is -1.74. The van der Waals surface area contributed by atoms with Gasteiger partial charge >= 0.3 is 18.0 Å². The van der Waals surface area contributed by atoms with Gasteiger partial charge in [-0.25, -0.2) is 0 Å². The van der Waals surface area contributed by atoms with E-state index in [1.165, 1.54) is 30.3 Å². The molecule has 0 aliphatic carbocycles. The van der Waals surface area contributed by atoms with Gasteiger partial charge in [0.15, 0.2) is 0 Å². The van der Waals surface area contributed by atoms with Crippen LogP contribution in [0.1, 0.15) is 16.7 Å². The minimum Gasteiger partial charge on any atom is -0.449 e. The molecule has 0 radical (unpaired) electrons. The number of hydrogen-bond donors (Lipinski definition) is 1. The number of ether oxygens (including phenoxy) is 1. The molecule has 0 spiro atoms. The average Bonchev–Trinajstić information content (AvgIpc) is 2.82. The number of nitriles is 1. The van der Waals surface area contributed by atoms with E-state index in [9.17, 15) is 46.5 Å². The Hall–Kier alpha value is -4.86. The third-order valence-electron chi connectivity index (χ3n) is 4.73. The molecule has 0 aliphatic heterocycles. The normalized spacial score (nSPS) is 12.0. The number of nitro benzene ring substituents is 1. The smallest absolute Gasteiger partial charge is 0.416 e. The van der Waals surface area contributed by atoms with Gasteiger partial charge in [-0.1, -0.05) is 24.3 Å². The Labute approximate surface area is 204 Å². The van der Waals surface area contributed by atoms with Gasteiger partial charge in [0.25, 0.3) is 5.91 Å². The first kappa shape index (κ1) is 26.7. The number of nitro groups is 1. The van der Waals surface area contributed by atoms with Crippen molar-refractivity contribution < 1.29 is 40.8 Å². The number of benzene rings is 3. The lowest BCUT2D eigenvalue weighted by molar-refractivity contribution is -0.385. The highest BCUT2D eigenvalue weighted by molar-refractivity contribution is 6.09. The van der Waals surface area contributed by atoms with E-state index in [0.717, 1.165) is 24.3 Å². The number of halogens is 6. The van der Waals surface area contributed by atoms with Crippen LogP contribution >= 0.6 is 0 Å². The quantitative estimate of drug-likeness (QED) is 0.124. The average molecular weight is 521 g/mol. The van der Waals surface area contributed by atoms with Crippen LogP contribution < -0.4 is 10.1 Å². The Kier molecular flexibility index (Phi) is 7.52.